The molecule has 1 aromatic heterocycles. The van der Waals surface area contributed by atoms with Crippen molar-refractivity contribution < 1.29 is 4.79 Å². The van der Waals surface area contributed by atoms with Crippen LogP contribution < -0.4 is 5.32 Å². The van der Waals surface area contributed by atoms with Gasteiger partial charge in [-0.2, -0.15) is 5.26 Å². The average Bonchev–Trinajstić information content (AvgIpc) is 2.96. The number of benzene rings is 1. The van der Waals surface area contributed by atoms with Gasteiger partial charge in [-0.1, -0.05) is 12.1 Å². The van der Waals surface area contributed by atoms with Gasteiger partial charge in [0.1, 0.15) is 5.82 Å². The van der Waals surface area contributed by atoms with Gasteiger partial charge >= 0.3 is 0 Å². The highest BCUT2D eigenvalue weighted by Crippen LogP contribution is 2.05. The first kappa shape index (κ1) is 12.6. The third-order valence-corrected chi connectivity index (χ3v) is 2.43. The van der Waals surface area contributed by atoms with Crippen LogP contribution in [0.3, 0.4) is 0 Å². The van der Waals surface area contributed by atoms with Gasteiger partial charge in [-0.15, -0.1) is 0 Å². The minimum Gasteiger partial charge on any atom is -0.347 e. The number of carbonyl (C=O) groups excluding carboxylic acids is 1. The van der Waals surface area contributed by atoms with E-state index in [4.69, 9.17) is 5.26 Å². The van der Waals surface area contributed by atoms with Crippen molar-refractivity contribution in [3.05, 3.63) is 59.7 Å². The lowest BCUT2D eigenvalue weighted by atomic mass is 10.1. The molecule has 0 unspecified atom stereocenters. The number of rotatable bonds is 4. The van der Waals surface area contributed by atoms with Crippen LogP contribution in [0.1, 0.15) is 17.0 Å². The van der Waals surface area contributed by atoms with Gasteiger partial charge in [-0.05, 0) is 23.8 Å². The van der Waals surface area contributed by atoms with E-state index in [2.05, 4.69) is 21.4 Å². The fourth-order valence-corrected chi connectivity index (χ4v) is 1.51. The molecule has 0 aliphatic heterocycles. The second-order valence-electron chi connectivity index (χ2n) is 3.82. The normalized spacial score (nSPS) is 10.3. The van der Waals surface area contributed by atoms with Gasteiger partial charge < -0.3 is 10.3 Å². The monoisotopic (exact) mass is 252 g/mol. The third kappa shape index (κ3) is 3.82. The van der Waals surface area contributed by atoms with E-state index in [1.165, 1.54) is 6.08 Å². The Balaban J connectivity index is 1.91. The number of aromatic amines is 1. The van der Waals surface area contributed by atoms with Crippen LogP contribution in [-0.4, -0.2) is 15.9 Å². The fraction of sp³-hybridized carbons (Fsp3) is 0.0714. The van der Waals surface area contributed by atoms with E-state index in [1.807, 2.05) is 6.07 Å². The second-order valence-corrected chi connectivity index (χ2v) is 3.82. The van der Waals surface area contributed by atoms with E-state index in [0.29, 0.717) is 17.9 Å². The predicted octanol–water partition coefficient (Wildman–Crippen LogP) is 1.61. The molecular formula is C14H12N4O. The van der Waals surface area contributed by atoms with Crippen LogP contribution in [-0.2, 0) is 11.3 Å². The van der Waals surface area contributed by atoms with Crippen molar-refractivity contribution in [3.8, 4) is 6.07 Å². The molecule has 0 aliphatic carbocycles. The minimum absolute atomic E-state index is 0.209. The van der Waals surface area contributed by atoms with Crippen molar-refractivity contribution in [1.82, 2.24) is 15.3 Å². The van der Waals surface area contributed by atoms with Crippen LogP contribution in [0.5, 0.6) is 0 Å². The lowest BCUT2D eigenvalue weighted by molar-refractivity contribution is -0.116. The molecule has 5 heteroatoms. The fourth-order valence-electron chi connectivity index (χ4n) is 1.51. The highest BCUT2D eigenvalue weighted by molar-refractivity contribution is 5.91. The van der Waals surface area contributed by atoms with Crippen molar-refractivity contribution in [3.63, 3.8) is 0 Å². The van der Waals surface area contributed by atoms with Crippen LogP contribution in [0.4, 0.5) is 0 Å². The molecule has 94 valence electrons. The van der Waals surface area contributed by atoms with E-state index in [9.17, 15) is 4.79 Å². The summed E-state index contributed by atoms with van der Waals surface area (Å²) < 4.78 is 0. The van der Waals surface area contributed by atoms with Crippen molar-refractivity contribution in [1.29, 1.82) is 5.26 Å². The van der Waals surface area contributed by atoms with E-state index >= 15 is 0 Å². The van der Waals surface area contributed by atoms with E-state index in [0.717, 1.165) is 5.56 Å². The number of nitrogens with one attached hydrogen (secondary N) is 2. The van der Waals surface area contributed by atoms with Gasteiger partial charge in [0.2, 0.25) is 5.91 Å². The van der Waals surface area contributed by atoms with Crippen LogP contribution in [0.25, 0.3) is 6.08 Å². The molecule has 0 saturated heterocycles. The standard InChI is InChI=1S/C14H12N4O/c15-9-12-3-1-2-11(8-12)4-5-14(19)18-10-13-16-6-7-17-13/h1-8H,10H2,(H,16,17)(H,18,19). The molecule has 0 atom stereocenters. The molecule has 2 aromatic rings. The van der Waals surface area contributed by atoms with Crippen LogP contribution in [0, 0.1) is 11.3 Å². The third-order valence-electron chi connectivity index (χ3n) is 2.43. The number of nitriles is 1. The molecule has 0 saturated carbocycles. The molecule has 0 radical (unpaired) electrons. The van der Waals surface area contributed by atoms with Crippen LogP contribution >= 0.6 is 0 Å². The summed E-state index contributed by atoms with van der Waals surface area (Å²) in [5.41, 5.74) is 1.38. The largest absolute Gasteiger partial charge is 0.347 e. The summed E-state index contributed by atoms with van der Waals surface area (Å²) in [5.74, 6) is 0.493. The molecule has 5 nitrogen and oxygen atoms in total. The minimum atomic E-state index is -0.209. The lowest BCUT2D eigenvalue weighted by Gasteiger charge is -1.98. The second kappa shape index (κ2) is 6.17. The molecule has 0 fully saturated rings. The molecule has 0 bridgehead atoms. The zero-order valence-electron chi connectivity index (χ0n) is 10.1. The predicted molar refractivity (Wildman–Crippen MR) is 70.6 cm³/mol. The van der Waals surface area contributed by atoms with Crippen molar-refractivity contribution in [2.45, 2.75) is 6.54 Å². The van der Waals surface area contributed by atoms with E-state index in [-0.39, 0.29) is 5.91 Å². The van der Waals surface area contributed by atoms with Crippen molar-refractivity contribution in [2.24, 2.45) is 0 Å². The Morgan fingerprint density at radius 3 is 3.16 bits per heavy atom. The summed E-state index contributed by atoms with van der Waals surface area (Å²) in [6, 6.07) is 9.09. The number of hydrogen-bond acceptors (Lipinski definition) is 3. The Hall–Kier alpha value is -2.87. The number of H-pyrrole nitrogens is 1. The summed E-state index contributed by atoms with van der Waals surface area (Å²) in [4.78, 5) is 18.5. The van der Waals surface area contributed by atoms with Gasteiger partial charge in [0.15, 0.2) is 0 Å². The quantitative estimate of drug-likeness (QED) is 0.811. The summed E-state index contributed by atoms with van der Waals surface area (Å²) in [7, 11) is 0. The zero-order chi connectivity index (χ0) is 13.5. The number of amides is 1. The molecule has 0 aliphatic rings. The van der Waals surface area contributed by atoms with Crippen LogP contribution in [0.15, 0.2) is 42.7 Å². The Morgan fingerprint density at radius 1 is 1.53 bits per heavy atom. The van der Waals surface area contributed by atoms with Gasteiger partial charge in [0.25, 0.3) is 0 Å². The van der Waals surface area contributed by atoms with Crippen LogP contribution in [0.2, 0.25) is 0 Å². The van der Waals surface area contributed by atoms with Gasteiger partial charge in [0, 0.05) is 18.5 Å². The summed E-state index contributed by atoms with van der Waals surface area (Å²) in [6.07, 6.45) is 6.42. The summed E-state index contributed by atoms with van der Waals surface area (Å²) in [5, 5.41) is 11.5. The number of carbonyl (C=O) groups is 1. The van der Waals surface area contributed by atoms with Crippen molar-refractivity contribution in [2.75, 3.05) is 0 Å². The average molecular weight is 252 g/mol. The first-order valence-corrected chi connectivity index (χ1v) is 5.72. The van der Waals surface area contributed by atoms with Gasteiger partial charge in [-0.3, -0.25) is 4.79 Å². The maximum atomic E-state index is 11.6. The van der Waals surface area contributed by atoms with Crippen molar-refractivity contribution >= 4 is 12.0 Å². The maximum absolute atomic E-state index is 11.6. The van der Waals surface area contributed by atoms with Gasteiger partial charge in [0.05, 0.1) is 18.2 Å². The molecule has 1 heterocycles. The zero-order valence-corrected chi connectivity index (χ0v) is 10.1. The maximum Gasteiger partial charge on any atom is 0.244 e. The molecule has 19 heavy (non-hydrogen) atoms. The Bertz CT molecular complexity index is 623. The number of aromatic nitrogens is 2. The molecule has 2 rings (SSSR count). The smallest absolute Gasteiger partial charge is 0.244 e. The van der Waals surface area contributed by atoms with E-state index < -0.39 is 0 Å². The number of imidazole rings is 1. The van der Waals surface area contributed by atoms with Gasteiger partial charge in [-0.25, -0.2) is 4.98 Å². The SMILES string of the molecule is N#Cc1cccc(C=CC(=O)NCc2ncc[nH]2)c1. The number of hydrogen-bond donors (Lipinski definition) is 2. The molecule has 0 spiro atoms. The molecule has 2 N–H and O–H groups in total. The molecule has 1 aromatic carbocycles. The lowest BCUT2D eigenvalue weighted by Crippen LogP contribution is -2.20. The summed E-state index contributed by atoms with van der Waals surface area (Å²) in [6.45, 7) is 0.356. The Kier molecular flexibility index (Phi) is 4.09. The molecular weight excluding hydrogens is 240 g/mol. The number of nitrogens with zero attached hydrogens (tertiary/aromatic N) is 2. The molecule has 1 amide bonds. The highest BCUT2D eigenvalue weighted by Gasteiger charge is 1.98. The first-order valence-electron chi connectivity index (χ1n) is 5.72. The highest BCUT2D eigenvalue weighted by atomic mass is 16.1. The first-order chi connectivity index (χ1) is 9.28. The Morgan fingerprint density at radius 2 is 2.42 bits per heavy atom. The Labute approximate surface area is 110 Å². The summed E-state index contributed by atoms with van der Waals surface area (Å²) >= 11 is 0. The van der Waals surface area contributed by atoms with E-state index in [1.54, 1.807) is 36.7 Å². The topological polar surface area (TPSA) is 81.6 Å².